The summed E-state index contributed by atoms with van der Waals surface area (Å²) >= 11 is 0. The molecular formula is C17H20N2O6S. The zero-order valence-electron chi connectivity index (χ0n) is 14.3. The normalized spacial score (nSPS) is 26.5. The van der Waals surface area contributed by atoms with Crippen LogP contribution in [0, 0.1) is 23.7 Å². The van der Waals surface area contributed by atoms with Gasteiger partial charge in [-0.1, -0.05) is 12.2 Å². The average molecular weight is 380 g/mol. The van der Waals surface area contributed by atoms with Gasteiger partial charge in [-0.3, -0.25) is 14.3 Å². The third kappa shape index (κ3) is 3.52. The number of sulfonamides is 1. The van der Waals surface area contributed by atoms with Crippen LogP contribution in [0.2, 0.25) is 0 Å². The molecule has 0 aliphatic heterocycles. The molecule has 2 aliphatic carbocycles. The Morgan fingerprint density at radius 2 is 1.85 bits per heavy atom. The van der Waals surface area contributed by atoms with E-state index >= 15 is 0 Å². The molecular weight excluding hydrogens is 360 g/mol. The fourth-order valence-electron chi connectivity index (χ4n) is 3.81. The van der Waals surface area contributed by atoms with E-state index in [0.717, 1.165) is 6.26 Å². The summed E-state index contributed by atoms with van der Waals surface area (Å²) in [6, 6.07) is 4.54. The number of allylic oxidation sites excluding steroid dienone is 2. The lowest BCUT2D eigenvalue weighted by Gasteiger charge is -2.24. The van der Waals surface area contributed by atoms with Crippen molar-refractivity contribution in [3.63, 3.8) is 0 Å². The van der Waals surface area contributed by atoms with Gasteiger partial charge >= 0.3 is 5.97 Å². The number of methoxy groups -OCH3 is 1. The summed E-state index contributed by atoms with van der Waals surface area (Å²) in [4.78, 5) is 24.2. The summed E-state index contributed by atoms with van der Waals surface area (Å²) in [6.45, 7) is 0. The summed E-state index contributed by atoms with van der Waals surface area (Å²) in [5.74, 6) is -2.65. The SMILES string of the molecule is COc1ccc(NC(=O)[C@@H]2[C@@H](C(=O)O)[C@H]3C=C[C@H]2C3)cc1NS(C)(=O)=O. The number of carbonyl (C=O) groups is 2. The van der Waals surface area contributed by atoms with Crippen molar-refractivity contribution in [3.05, 3.63) is 30.4 Å². The molecule has 0 spiro atoms. The highest BCUT2D eigenvalue weighted by molar-refractivity contribution is 7.92. The molecule has 9 heteroatoms. The smallest absolute Gasteiger partial charge is 0.307 e. The Morgan fingerprint density at radius 3 is 2.42 bits per heavy atom. The Morgan fingerprint density at radius 1 is 1.19 bits per heavy atom. The zero-order chi connectivity index (χ0) is 19.1. The quantitative estimate of drug-likeness (QED) is 0.644. The Kier molecular flexibility index (Phi) is 4.66. The van der Waals surface area contributed by atoms with Crippen molar-refractivity contribution in [2.45, 2.75) is 6.42 Å². The first kappa shape index (κ1) is 18.2. The molecule has 26 heavy (non-hydrogen) atoms. The maximum absolute atomic E-state index is 12.7. The maximum Gasteiger partial charge on any atom is 0.307 e. The van der Waals surface area contributed by atoms with E-state index in [4.69, 9.17) is 4.74 Å². The maximum atomic E-state index is 12.7. The lowest BCUT2D eigenvalue weighted by Crippen LogP contribution is -2.36. The second-order valence-corrected chi connectivity index (χ2v) is 8.37. The summed E-state index contributed by atoms with van der Waals surface area (Å²) in [5.41, 5.74) is 0.549. The number of nitrogens with one attached hydrogen (secondary N) is 2. The Labute approximate surface area is 151 Å². The van der Waals surface area contributed by atoms with Gasteiger partial charge in [0.2, 0.25) is 15.9 Å². The number of carboxylic acids is 1. The van der Waals surface area contributed by atoms with Crippen LogP contribution in [-0.2, 0) is 19.6 Å². The van der Waals surface area contributed by atoms with Crippen molar-refractivity contribution in [1.29, 1.82) is 0 Å². The molecule has 0 radical (unpaired) electrons. The van der Waals surface area contributed by atoms with Crippen LogP contribution in [-0.4, -0.2) is 38.8 Å². The van der Waals surface area contributed by atoms with E-state index in [1.54, 1.807) is 6.07 Å². The fourth-order valence-corrected chi connectivity index (χ4v) is 4.37. The van der Waals surface area contributed by atoms with Gasteiger partial charge in [-0.15, -0.1) is 0 Å². The average Bonchev–Trinajstić information content (AvgIpc) is 3.14. The number of rotatable bonds is 6. The number of ether oxygens (including phenoxy) is 1. The predicted molar refractivity (Wildman–Crippen MR) is 95.4 cm³/mol. The van der Waals surface area contributed by atoms with E-state index in [9.17, 15) is 23.1 Å². The van der Waals surface area contributed by atoms with Crippen LogP contribution in [0.25, 0.3) is 0 Å². The molecule has 1 saturated carbocycles. The van der Waals surface area contributed by atoms with Crippen molar-refractivity contribution < 1.29 is 27.9 Å². The van der Waals surface area contributed by atoms with Gasteiger partial charge in [0.05, 0.1) is 30.9 Å². The molecule has 1 amide bonds. The molecule has 4 atom stereocenters. The minimum atomic E-state index is -3.53. The van der Waals surface area contributed by atoms with Gasteiger partial charge in [0.1, 0.15) is 5.75 Å². The Hall–Kier alpha value is -2.55. The number of hydrogen-bond acceptors (Lipinski definition) is 5. The van der Waals surface area contributed by atoms with Crippen LogP contribution >= 0.6 is 0 Å². The van der Waals surface area contributed by atoms with Crippen molar-refractivity contribution in [3.8, 4) is 5.75 Å². The monoisotopic (exact) mass is 380 g/mol. The molecule has 1 fully saturated rings. The van der Waals surface area contributed by atoms with E-state index in [-0.39, 0.29) is 23.4 Å². The van der Waals surface area contributed by atoms with Crippen molar-refractivity contribution in [2.75, 3.05) is 23.4 Å². The minimum Gasteiger partial charge on any atom is -0.495 e. The van der Waals surface area contributed by atoms with Gasteiger partial charge in [0.15, 0.2) is 0 Å². The van der Waals surface area contributed by atoms with Gasteiger partial charge in [0, 0.05) is 5.69 Å². The molecule has 2 bridgehead atoms. The second-order valence-electron chi connectivity index (χ2n) is 6.62. The molecule has 3 rings (SSSR count). The second kappa shape index (κ2) is 6.64. The number of benzene rings is 1. The van der Waals surface area contributed by atoms with Crippen LogP contribution in [0.1, 0.15) is 6.42 Å². The fraction of sp³-hybridized carbons (Fsp3) is 0.412. The number of amides is 1. The molecule has 0 saturated heterocycles. The standard InChI is InChI=1S/C17H20N2O6S/c1-25-13-6-5-11(8-12(13)19-26(2,23)24)18-16(20)14-9-3-4-10(7-9)15(14)17(21)22/h3-6,8-10,14-15,19H,7H2,1-2H3,(H,18,20)(H,21,22)/t9-,10-,14-,15-/m0/s1. The van der Waals surface area contributed by atoms with Gasteiger partial charge < -0.3 is 15.2 Å². The summed E-state index contributed by atoms with van der Waals surface area (Å²) in [7, 11) is -2.12. The zero-order valence-corrected chi connectivity index (χ0v) is 15.1. The first-order chi connectivity index (χ1) is 12.2. The molecule has 140 valence electrons. The first-order valence-corrected chi connectivity index (χ1v) is 9.96. The summed E-state index contributed by atoms with van der Waals surface area (Å²) in [5, 5.41) is 12.2. The molecule has 0 heterocycles. The number of aliphatic carboxylic acids is 1. The van der Waals surface area contributed by atoms with Crippen LogP contribution < -0.4 is 14.8 Å². The highest BCUT2D eigenvalue weighted by Gasteiger charge is 2.51. The Bertz CT molecular complexity index is 879. The molecule has 2 aliphatic rings. The minimum absolute atomic E-state index is 0.0898. The van der Waals surface area contributed by atoms with Gasteiger partial charge in [-0.2, -0.15) is 0 Å². The van der Waals surface area contributed by atoms with Crippen LogP contribution in [0.15, 0.2) is 30.4 Å². The van der Waals surface area contributed by atoms with Gasteiger partial charge in [-0.25, -0.2) is 8.42 Å². The number of fused-ring (bicyclic) bond motifs is 2. The molecule has 0 unspecified atom stereocenters. The van der Waals surface area contributed by atoms with E-state index in [1.165, 1.54) is 19.2 Å². The molecule has 8 nitrogen and oxygen atoms in total. The topological polar surface area (TPSA) is 122 Å². The van der Waals surface area contributed by atoms with Crippen molar-refractivity contribution in [2.24, 2.45) is 23.7 Å². The molecule has 1 aromatic rings. The van der Waals surface area contributed by atoms with Gasteiger partial charge in [-0.05, 0) is 36.5 Å². The highest BCUT2D eigenvalue weighted by atomic mass is 32.2. The highest BCUT2D eigenvalue weighted by Crippen LogP contribution is 2.48. The van der Waals surface area contributed by atoms with Crippen LogP contribution in [0.5, 0.6) is 5.75 Å². The van der Waals surface area contributed by atoms with Crippen molar-refractivity contribution in [1.82, 2.24) is 0 Å². The van der Waals surface area contributed by atoms with E-state index in [0.29, 0.717) is 17.9 Å². The lowest BCUT2D eigenvalue weighted by molar-refractivity contribution is -0.146. The molecule has 3 N–H and O–H groups in total. The summed E-state index contributed by atoms with van der Waals surface area (Å²) in [6.07, 6.45) is 5.45. The number of hydrogen-bond donors (Lipinski definition) is 3. The van der Waals surface area contributed by atoms with Crippen LogP contribution in [0.3, 0.4) is 0 Å². The largest absolute Gasteiger partial charge is 0.495 e. The Balaban J connectivity index is 1.82. The van der Waals surface area contributed by atoms with E-state index in [2.05, 4.69) is 10.0 Å². The predicted octanol–water partition coefficient (Wildman–Crippen LogP) is 1.53. The van der Waals surface area contributed by atoms with Crippen molar-refractivity contribution >= 4 is 33.3 Å². The molecule has 1 aromatic carbocycles. The molecule has 0 aromatic heterocycles. The van der Waals surface area contributed by atoms with Gasteiger partial charge in [0.25, 0.3) is 0 Å². The van der Waals surface area contributed by atoms with E-state index in [1.807, 2.05) is 12.2 Å². The number of carbonyl (C=O) groups excluding carboxylic acids is 1. The number of anilines is 2. The first-order valence-electron chi connectivity index (χ1n) is 8.07. The lowest BCUT2D eigenvalue weighted by atomic mass is 9.82. The van der Waals surface area contributed by atoms with E-state index < -0.39 is 27.8 Å². The van der Waals surface area contributed by atoms with Crippen LogP contribution in [0.4, 0.5) is 11.4 Å². The third-order valence-corrected chi connectivity index (χ3v) is 5.40. The third-order valence-electron chi connectivity index (χ3n) is 4.81. The number of carboxylic acid groups (broad SMARTS) is 1. The summed E-state index contributed by atoms with van der Waals surface area (Å²) < 4.78 is 30.4.